The van der Waals surface area contributed by atoms with Crippen molar-refractivity contribution in [2.75, 3.05) is 27.4 Å². The highest BCUT2D eigenvalue weighted by Gasteiger charge is 2.25. The normalized spacial score (nSPS) is 13.7. The Morgan fingerprint density at radius 1 is 0.895 bits per heavy atom. The first-order valence-corrected chi connectivity index (χ1v) is 12.7. The van der Waals surface area contributed by atoms with Crippen LogP contribution in [-0.2, 0) is 41.7 Å². The van der Waals surface area contributed by atoms with Crippen LogP contribution in [0.25, 0.3) is 0 Å². The summed E-state index contributed by atoms with van der Waals surface area (Å²) >= 11 is 0. The fraction of sp³-hybridized carbons (Fsp3) is 0.517. The number of methoxy groups -OCH3 is 2. The summed E-state index contributed by atoms with van der Waals surface area (Å²) < 4.78 is 33.4. The van der Waals surface area contributed by atoms with E-state index < -0.39 is 23.7 Å². The number of nitrogens with one attached hydrogen (secondary N) is 1. The van der Waals surface area contributed by atoms with Crippen LogP contribution in [0.4, 0.5) is 4.79 Å². The van der Waals surface area contributed by atoms with Crippen LogP contribution in [0.2, 0.25) is 0 Å². The molecule has 0 saturated heterocycles. The van der Waals surface area contributed by atoms with E-state index in [9.17, 15) is 9.59 Å². The first-order chi connectivity index (χ1) is 18.1. The molecule has 0 bridgehead atoms. The van der Waals surface area contributed by atoms with Gasteiger partial charge in [0.05, 0.1) is 40.1 Å². The number of hydrogen-bond acceptors (Lipinski definition) is 8. The van der Waals surface area contributed by atoms with Crippen molar-refractivity contribution in [1.82, 2.24) is 5.32 Å². The van der Waals surface area contributed by atoms with E-state index in [-0.39, 0.29) is 31.8 Å². The zero-order valence-electron chi connectivity index (χ0n) is 23.2. The molecule has 0 radical (unpaired) electrons. The number of ether oxygens (including phenoxy) is 6. The average Bonchev–Trinajstić information content (AvgIpc) is 2.89. The van der Waals surface area contributed by atoms with E-state index in [0.29, 0.717) is 13.2 Å². The molecule has 3 atom stereocenters. The zero-order chi connectivity index (χ0) is 28.0. The van der Waals surface area contributed by atoms with Gasteiger partial charge in [-0.05, 0) is 51.0 Å². The van der Waals surface area contributed by atoms with Gasteiger partial charge in [-0.2, -0.15) is 0 Å². The highest BCUT2D eigenvalue weighted by atomic mass is 16.6. The molecule has 0 saturated carbocycles. The molecular formula is C29H41NO8. The molecule has 2 aromatic rings. The average molecular weight is 532 g/mol. The minimum Gasteiger partial charge on any atom is -0.497 e. The van der Waals surface area contributed by atoms with Crippen molar-refractivity contribution in [3.05, 3.63) is 65.7 Å². The van der Waals surface area contributed by atoms with Gasteiger partial charge in [0.15, 0.2) is 0 Å². The van der Waals surface area contributed by atoms with Gasteiger partial charge in [0, 0.05) is 13.0 Å². The third-order valence-electron chi connectivity index (χ3n) is 5.51. The lowest BCUT2D eigenvalue weighted by atomic mass is 10.2. The Morgan fingerprint density at radius 2 is 1.53 bits per heavy atom. The predicted molar refractivity (Wildman–Crippen MR) is 143 cm³/mol. The number of hydrogen-bond donors (Lipinski definition) is 1. The van der Waals surface area contributed by atoms with Gasteiger partial charge in [-0.1, -0.05) is 42.5 Å². The molecule has 38 heavy (non-hydrogen) atoms. The lowest BCUT2D eigenvalue weighted by Gasteiger charge is -2.25. The summed E-state index contributed by atoms with van der Waals surface area (Å²) in [5.74, 6) is 0.207. The van der Waals surface area contributed by atoms with Crippen LogP contribution in [0.3, 0.4) is 0 Å². The Labute approximate surface area is 225 Å². The molecule has 0 fully saturated rings. The second kappa shape index (κ2) is 16.0. The maximum absolute atomic E-state index is 12.2. The van der Waals surface area contributed by atoms with Gasteiger partial charge in [0.2, 0.25) is 0 Å². The SMILES string of the molecule is COC(=O)[C@H](CCOC[C@@H](OCc1ccccc1)[C@H](C)OCc1ccc(OC)cc1)NC(=O)OC(C)(C)C. The number of alkyl carbamates (subject to hydrolysis) is 1. The number of rotatable bonds is 15. The van der Waals surface area contributed by atoms with Gasteiger partial charge in [0.25, 0.3) is 0 Å². The monoisotopic (exact) mass is 531 g/mol. The van der Waals surface area contributed by atoms with Gasteiger partial charge in [-0.3, -0.25) is 0 Å². The lowest BCUT2D eigenvalue weighted by Crippen LogP contribution is -2.44. The summed E-state index contributed by atoms with van der Waals surface area (Å²) in [4.78, 5) is 24.3. The van der Waals surface area contributed by atoms with Crippen molar-refractivity contribution in [1.29, 1.82) is 0 Å². The fourth-order valence-electron chi connectivity index (χ4n) is 3.40. The van der Waals surface area contributed by atoms with Gasteiger partial charge in [-0.25, -0.2) is 9.59 Å². The number of benzene rings is 2. The molecule has 0 unspecified atom stereocenters. The van der Waals surface area contributed by atoms with Gasteiger partial charge >= 0.3 is 12.1 Å². The minimum absolute atomic E-state index is 0.186. The van der Waals surface area contributed by atoms with Crippen LogP contribution in [0.5, 0.6) is 5.75 Å². The molecule has 0 aliphatic heterocycles. The molecule has 2 rings (SSSR count). The third-order valence-corrected chi connectivity index (χ3v) is 5.51. The van der Waals surface area contributed by atoms with Crippen molar-refractivity contribution >= 4 is 12.1 Å². The quantitative estimate of drug-likeness (QED) is 0.262. The summed E-state index contributed by atoms with van der Waals surface area (Å²) in [5, 5.41) is 2.55. The Hall–Kier alpha value is -3.14. The van der Waals surface area contributed by atoms with E-state index >= 15 is 0 Å². The fourth-order valence-corrected chi connectivity index (χ4v) is 3.40. The topological polar surface area (TPSA) is 102 Å². The molecule has 0 aliphatic carbocycles. The van der Waals surface area contributed by atoms with E-state index in [1.807, 2.05) is 61.5 Å². The standard InChI is InChI=1S/C29H41NO8/c1-21(36-18-23-12-14-24(33-5)15-13-23)26(37-19-22-10-8-7-9-11-22)20-35-17-16-25(27(31)34-6)30-28(32)38-29(2,3)4/h7-15,21,25-26H,16-20H2,1-6H3,(H,30,32)/t21-,25-,26+/m0/s1. The molecule has 0 spiro atoms. The summed E-state index contributed by atoms with van der Waals surface area (Å²) in [6.07, 6.45) is -1.14. The molecule has 1 N–H and O–H groups in total. The Balaban J connectivity index is 1.93. The van der Waals surface area contributed by atoms with Gasteiger partial charge in [-0.15, -0.1) is 0 Å². The maximum Gasteiger partial charge on any atom is 0.408 e. The van der Waals surface area contributed by atoms with E-state index in [2.05, 4.69) is 5.32 Å². The second-order valence-corrected chi connectivity index (χ2v) is 9.78. The molecule has 0 aliphatic rings. The molecule has 9 heteroatoms. The summed E-state index contributed by atoms with van der Waals surface area (Å²) in [7, 11) is 2.89. The van der Waals surface area contributed by atoms with Crippen molar-refractivity contribution in [3.63, 3.8) is 0 Å². The van der Waals surface area contributed by atoms with Gasteiger partial charge in [0.1, 0.15) is 23.5 Å². The molecule has 9 nitrogen and oxygen atoms in total. The van der Waals surface area contributed by atoms with Crippen LogP contribution in [0, 0.1) is 0 Å². The lowest BCUT2D eigenvalue weighted by molar-refractivity contribution is -0.144. The van der Waals surface area contributed by atoms with E-state index in [1.54, 1.807) is 27.9 Å². The predicted octanol–water partition coefficient (Wildman–Crippen LogP) is 4.66. The third kappa shape index (κ3) is 11.9. The molecule has 0 aromatic heterocycles. The van der Waals surface area contributed by atoms with E-state index in [4.69, 9.17) is 28.4 Å². The number of carbonyl (C=O) groups is 2. The second-order valence-electron chi connectivity index (χ2n) is 9.78. The highest BCUT2D eigenvalue weighted by molar-refractivity contribution is 5.81. The van der Waals surface area contributed by atoms with Crippen LogP contribution in [-0.4, -0.2) is 63.3 Å². The molecule has 2 aromatic carbocycles. The Bertz CT molecular complexity index is 959. The van der Waals surface area contributed by atoms with E-state index in [1.165, 1.54) is 7.11 Å². The smallest absolute Gasteiger partial charge is 0.408 e. The van der Waals surface area contributed by atoms with Crippen molar-refractivity contribution in [3.8, 4) is 5.75 Å². The van der Waals surface area contributed by atoms with Crippen LogP contribution in [0.15, 0.2) is 54.6 Å². The molecule has 210 valence electrons. The summed E-state index contributed by atoms with van der Waals surface area (Å²) in [6.45, 7) is 8.40. The summed E-state index contributed by atoms with van der Waals surface area (Å²) in [6, 6.07) is 16.6. The van der Waals surface area contributed by atoms with Crippen LogP contribution < -0.4 is 10.1 Å². The maximum atomic E-state index is 12.2. The van der Waals surface area contributed by atoms with Crippen molar-refractivity contribution < 1.29 is 38.0 Å². The van der Waals surface area contributed by atoms with Crippen molar-refractivity contribution in [2.45, 2.75) is 71.2 Å². The summed E-state index contributed by atoms with van der Waals surface area (Å²) in [5.41, 5.74) is 1.36. The first kappa shape index (κ1) is 31.1. The van der Waals surface area contributed by atoms with Crippen LogP contribution >= 0.6 is 0 Å². The largest absolute Gasteiger partial charge is 0.497 e. The van der Waals surface area contributed by atoms with Crippen molar-refractivity contribution in [2.24, 2.45) is 0 Å². The van der Waals surface area contributed by atoms with Gasteiger partial charge < -0.3 is 33.7 Å². The number of esters is 1. The molecule has 0 heterocycles. The molecular weight excluding hydrogens is 490 g/mol. The highest BCUT2D eigenvalue weighted by Crippen LogP contribution is 2.15. The minimum atomic E-state index is -0.901. The first-order valence-electron chi connectivity index (χ1n) is 12.7. The van der Waals surface area contributed by atoms with E-state index in [0.717, 1.165) is 16.9 Å². The number of carbonyl (C=O) groups excluding carboxylic acids is 2. The molecule has 1 amide bonds. The van der Waals surface area contributed by atoms with Crippen LogP contribution in [0.1, 0.15) is 45.2 Å². The zero-order valence-corrected chi connectivity index (χ0v) is 23.2. The number of amides is 1. The Morgan fingerprint density at radius 3 is 2.13 bits per heavy atom. The Kier molecular flexibility index (Phi) is 13.1.